The quantitative estimate of drug-likeness (QED) is 0.442. The second-order valence-electron chi connectivity index (χ2n) is 1.54. The molecule has 0 aliphatic heterocycles. The van der Waals surface area contributed by atoms with Crippen molar-refractivity contribution in [3.05, 3.63) is 12.7 Å². The second-order valence-corrected chi connectivity index (χ2v) is 1.54. The van der Waals surface area contributed by atoms with Crippen molar-refractivity contribution in [2.24, 2.45) is 0 Å². The molecular formula is C7H14O4. The molecule has 0 aliphatic rings. The molecule has 0 unspecified atom stereocenters. The van der Waals surface area contributed by atoms with Crippen molar-refractivity contribution in [1.82, 2.24) is 0 Å². The summed E-state index contributed by atoms with van der Waals surface area (Å²) in [4.78, 5) is 9.93. The van der Waals surface area contributed by atoms with Gasteiger partial charge in [0.1, 0.15) is 6.61 Å². The Bertz CT molecular complexity index is 98.6. The number of hydrogen-bond acceptors (Lipinski definition) is 4. The molecule has 0 aromatic heterocycles. The number of carbonyl (C=O) groups excluding carboxylic acids is 1. The monoisotopic (exact) mass is 162 g/mol. The SMILES string of the molecule is C=CCOC(C)=O.OCCO. The molecule has 0 radical (unpaired) electrons. The van der Waals surface area contributed by atoms with Crippen LogP contribution >= 0.6 is 0 Å². The molecule has 0 spiro atoms. The summed E-state index contributed by atoms with van der Waals surface area (Å²) in [5.74, 6) is -0.264. The molecule has 2 N–H and O–H groups in total. The number of rotatable bonds is 3. The van der Waals surface area contributed by atoms with Gasteiger partial charge < -0.3 is 14.9 Å². The highest BCUT2D eigenvalue weighted by Crippen LogP contribution is 1.73. The van der Waals surface area contributed by atoms with E-state index < -0.39 is 0 Å². The average Bonchev–Trinajstić information content (AvgIpc) is 2.01. The van der Waals surface area contributed by atoms with E-state index in [1.807, 2.05) is 0 Å². The Hall–Kier alpha value is -0.870. The lowest BCUT2D eigenvalue weighted by molar-refractivity contribution is -0.139. The van der Waals surface area contributed by atoms with Crippen LogP contribution in [0.3, 0.4) is 0 Å². The van der Waals surface area contributed by atoms with E-state index in [4.69, 9.17) is 10.2 Å². The van der Waals surface area contributed by atoms with Crippen LogP contribution in [-0.2, 0) is 9.53 Å². The van der Waals surface area contributed by atoms with Crippen molar-refractivity contribution in [3.8, 4) is 0 Å². The number of ether oxygens (including phenoxy) is 1. The van der Waals surface area contributed by atoms with Crippen LogP contribution in [0.2, 0.25) is 0 Å². The molecule has 4 heteroatoms. The second kappa shape index (κ2) is 11.9. The van der Waals surface area contributed by atoms with Gasteiger partial charge in [0.15, 0.2) is 0 Å². The van der Waals surface area contributed by atoms with Gasteiger partial charge in [0.05, 0.1) is 13.2 Å². The zero-order valence-electron chi connectivity index (χ0n) is 6.62. The van der Waals surface area contributed by atoms with Crippen LogP contribution in [0.25, 0.3) is 0 Å². The highest BCUT2D eigenvalue weighted by atomic mass is 16.5. The molecule has 0 atom stereocenters. The molecule has 0 rings (SSSR count). The third-order valence-electron chi connectivity index (χ3n) is 0.504. The first kappa shape index (κ1) is 12.8. The van der Waals surface area contributed by atoms with Crippen molar-refractivity contribution < 1.29 is 19.7 Å². The number of hydrogen-bond donors (Lipinski definition) is 2. The Labute approximate surface area is 66.1 Å². The van der Waals surface area contributed by atoms with E-state index in [0.717, 1.165) is 0 Å². The van der Waals surface area contributed by atoms with Crippen LogP contribution in [0, 0.1) is 0 Å². The zero-order valence-corrected chi connectivity index (χ0v) is 6.62. The van der Waals surface area contributed by atoms with Crippen LogP contribution in [0.5, 0.6) is 0 Å². The van der Waals surface area contributed by atoms with E-state index in [1.54, 1.807) is 0 Å². The zero-order chi connectivity index (χ0) is 9.11. The highest BCUT2D eigenvalue weighted by molar-refractivity contribution is 5.65. The summed E-state index contributed by atoms with van der Waals surface area (Å²) < 4.78 is 4.43. The topological polar surface area (TPSA) is 66.8 Å². The average molecular weight is 162 g/mol. The maximum absolute atomic E-state index is 9.93. The van der Waals surface area contributed by atoms with E-state index in [2.05, 4.69) is 11.3 Å². The van der Waals surface area contributed by atoms with Gasteiger partial charge >= 0.3 is 5.97 Å². The normalized spacial score (nSPS) is 7.55. The molecule has 4 nitrogen and oxygen atoms in total. The molecular weight excluding hydrogens is 148 g/mol. The van der Waals surface area contributed by atoms with Gasteiger partial charge in [-0.05, 0) is 0 Å². The van der Waals surface area contributed by atoms with Gasteiger partial charge in [-0.15, -0.1) is 0 Å². The molecule has 0 bridgehead atoms. The van der Waals surface area contributed by atoms with Crippen molar-refractivity contribution in [3.63, 3.8) is 0 Å². The lowest BCUT2D eigenvalue weighted by atomic mass is 10.7. The van der Waals surface area contributed by atoms with E-state index >= 15 is 0 Å². The number of esters is 1. The van der Waals surface area contributed by atoms with Crippen molar-refractivity contribution in [2.75, 3.05) is 19.8 Å². The number of aliphatic hydroxyl groups excluding tert-OH is 2. The molecule has 0 saturated heterocycles. The Balaban J connectivity index is 0. The highest BCUT2D eigenvalue weighted by Gasteiger charge is 1.83. The number of aliphatic hydroxyl groups is 2. The van der Waals surface area contributed by atoms with Gasteiger partial charge in [-0.3, -0.25) is 4.79 Å². The van der Waals surface area contributed by atoms with Gasteiger partial charge in [-0.1, -0.05) is 12.7 Å². The molecule has 0 aliphatic carbocycles. The molecule has 66 valence electrons. The lowest BCUT2D eigenvalue weighted by Crippen LogP contribution is -1.96. The number of carbonyl (C=O) groups is 1. The molecule has 0 amide bonds. The summed E-state index contributed by atoms with van der Waals surface area (Å²) in [5, 5.41) is 15.2. The van der Waals surface area contributed by atoms with Crippen LogP contribution in [-0.4, -0.2) is 36.0 Å². The predicted molar refractivity (Wildman–Crippen MR) is 41.0 cm³/mol. The van der Waals surface area contributed by atoms with E-state index in [1.165, 1.54) is 13.0 Å². The smallest absolute Gasteiger partial charge is 0.302 e. The first-order valence-corrected chi connectivity index (χ1v) is 3.15. The van der Waals surface area contributed by atoms with E-state index in [-0.39, 0.29) is 19.2 Å². The van der Waals surface area contributed by atoms with Gasteiger partial charge in [0.2, 0.25) is 0 Å². The van der Waals surface area contributed by atoms with Crippen LogP contribution < -0.4 is 0 Å². The fraction of sp³-hybridized carbons (Fsp3) is 0.571. The largest absolute Gasteiger partial charge is 0.462 e. The van der Waals surface area contributed by atoms with Crippen molar-refractivity contribution in [2.45, 2.75) is 6.92 Å². The Morgan fingerprint density at radius 1 is 1.55 bits per heavy atom. The summed E-state index contributed by atoms with van der Waals surface area (Å²) >= 11 is 0. The first-order chi connectivity index (χ1) is 5.18. The van der Waals surface area contributed by atoms with E-state index in [0.29, 0.717) is 6.61 Å². The Morgan fingerprint density at radius 3 is 2.09 bits per heavy atom. The molecule has 0 aromatic carbocycles. The molecule has 0 fully saturated rings. The molecule has 0 aromatic rings. The van der Waals surface area contributed by atoms with Crippen LogP contribution in [0.1, 0.15) is 6.92 Å². The fourth-order valence-electron chi connectivity index (χ4n) is 0.176. The maximum atomic E-state index is 9.93. The molecule has 0 saturated carbocycles. The summed E-state index contributed by atoms with van der Waals surface area (Å²) in [6.45, 7) is 4.78. The summed E-state index contributed by atoms with van der Waals surface area (Å²) in [7, 11) is 0. The standard InChI is InChI=1S/C5H8O2.C2H6O2/c1-3-4-7-5(2)6;3-1-2-4/h3H,1,4H2,2H3;3-4H,1-2H2. The molecule has 11 heavy (non-hydrogen) atoms. The van der Waals surface area contributed by atoms with Gasteiger partial charge in [0, 0.05) is 6.92 Å². The summed E-state index contributed by atoms with van der Waals surface area (Å²) in [6, 6.07) is 0. The lowest BCUT2D eigenvalue weighted by Gasteiger charge is -1.90. The summed E-state index contributed by atoms with van der Waals surface area (Å²) in [6.07, 6.45) is 1.53. The van der Waals surface area contributed by atoms with Crippen molar-refractivity contribution in [1.29, 1.82) is 0 Å². The predicted octanol–water partition coefficient (Wildman–Crippen LogP) is -0.294. The minimum absolute atomic E-state index is 0.125. The third kappa shape index (κ3) is 27.2. The van der Waals surface area contributed by atoms with Gasteiger partial charge in [0.25, 0.3) is 0 Å². The van der Waals surface area contributed by atoms with Crippen molar-refractivity contribution >= 4 is 5.97 Å². The van der Waals surface area contributed by atoms with Crippen LogP contribution in [0.4, 0.5) is 0 Å². The Kier molecular flexibility index (Phi) is 13.8. The van der Waals surface area contributed by atoms with Crippen LogP contribution in [0.15, 0.2) is 12.7 Å². The first-order valence-electron chi connectivity index (χ1n) is 3.15. The minimum Gasteiger partial charge on any atom is -0.462 e. The molecule has 0 heterocycles. The maximum Gasteiger partial charge on any atom is 0.302 e. The van der Waals surface area contributed by atoms with E-state index in [9.17, 15) is 4.79 Å². The van der Waals surface area contributed by atoms with Gasteiger partial charge in [-0.25, -0.2) is 0 Å². The minimum atomic E-state index is -0.264. The Morgan fingerprint density at radius 2 is 2.00 bits per heavy atom. The summed E-state index contributed by atoms with van der Waals surface area (Å²) in [5.41, 5.74) is 0. The van der Waals surface area contributed by atoms with Gasteiger partial charge in [-0.2, -0.15) is 0 Å². The fourth-order valence-corrected chi connectivity index (χ4v) is 0.176. The third-order valence-corrected chi connectivity index (χ3v) is 0.504.